The number of phenols is 1. The van der Waals surface area contributed by atoms with Crippen LogP contribution < -0.4 is 9.47 Å². The van der Waals surface area contributed by atoms with Gasteiger partial charge in [0.25, 0.3) is 0 Å². The van der Waals surface area contributed by atoms with Crippen molar-refractivity contribution in [2.24, 2.45) is 5.10 Å². The van der Waals surface area contributed by atoms with Crippen LogP contribution in [0.25, 0.3) is 11.4 Å². The third-order valence-corrected chi connectivity index (χ3v) is 3.87. The molecule has 134 valence electrons. The van der Waals surface area contributed by atoms with E-state index in [2.05, 4.69) is 15.3 Å². The molecule has 0 radical (unpaired) electrons. The summed E-state index contributed by atoms with van der Waals surface area (Å²) >= 11 is 5.29. The predicted octanol–water partition coefficient (Wildman–Crippen LogP) is 3.60. The number of para-hydroxylation sites is 1. The smallest absolute Gasteiger partial charge is 0.216 e. The summed E-state index contributed by atoms with van der Waals surface area (Å²) in [5.41, 5.74) is 1.52. The van der Waals surface area contributed by atoms with E-state index in [1.165, 1.54) is 11.8 Å². The molecule has 2 aromatic carbocycles. The summed E-state index contributed by atoms with van der Waals surface area (Å²) in [4.78, 5) is 0. The fraction of sp³-hybridized carbons (Fsp3) is 0.167. The number of ether oxygens (including phenoxy) is 2. The van der Waals surface area contributed by atoms with Crippen molar-refractivity contribution in [3.63, 3.8) is 0 Å². The second-order valence-corrected chi connectivity index (χ2v) is 5.66. The highest BCUT2D eigenvalue weighted by molar-refractivity contribution is 7.71. The number of aromatic hydroxyl groups is 1. The van der Waals surface area contributed by atoms with Gasteiger partial charge in [-0.3, -0.25) is 0 Å². The van der Waals surface area contributed by atoms with Gasteiger partial charge in [-0.15, -0.1) is 0 Å². The molecule has 8 heteroatoms. The second kappa shape index (κ2) is 7.83. The first-order valence-corrected chi connectivity index (χ1v) is 8.35. The van der Waals surface area contributed by atoms with E-state index in [-0.39, 0.29) is 5.75 Å². The predicted molar refractivity (Wildman–Crippen MR) is 102 cm³/mol. The zero-order valence-corrected chi connectivity index (χ0v) is 15.2. The van der Waals surface area contributed by atoms with Crippen LogP contribution in [0.3, 0.4) is 0 Å². The molecule has 0 aliphatic carbocycles. The van der Waals surface area contributed by atoms with Crippen LogP contribution in [0.15, 0.2) is 47.6 Å². The van der Waals surface area contributed by atoms with Crippen LogP contribution in [-0.2, 0) is 0 Å². The van der Waals surface area contributed by atoms with Crippen LogP contribution in [0.4, 0.5) is 0 Å². The number of H-pyrrole nitrogens is 1. The molecule has 3 aromatic rings. The van der Waals surface area contributed by atoms with Gasteiger partial charge in [0.1, 0.15) is 5.75 Å². The first-order chi connectivity index (χ1) is 12.6. The molecular weight excluding hydrogens is 352 g/mol. The van der Waals surface area contributed by atoms with Crippen LogP contribution >= 0.6 is 12.2 Å². The van der Waals surface area contributed by atoms with Crippen LogP contribution in [0.1, 0.15) is 12.5 Å². The summed E-state index contributed by atoms with van der Waals surface area (Å²) in [6, 6.07) is 12.5. The molecule has 26 heavy (non-hydrogen) atoms. The maximum Gasteiger partial charge on any atom is 0.216 e. The quantitative estimate of drug-likeness (QED) is 0.511. The molecule has 0 saturated carbocycles. The second-order valence-electron chi connectivity index (χ2n) is 5.27. The Balaban J connectivity index is 2.01. The molecule has 0 atom stereocenters. The molecule has 0 saturated heterocycles. The summed E-state index contributed by atoms with van der Waals surface area (Å²) in [5.74, 6) is 1.68. The number of benzene rings is 2. The Bertz CT molecular complexity index is 994. The number of methoxy groups -OCH3 is 1. The van der Waals surface area contributed by atoms with Gasteiger partial charge in [0.15, 0.2) is 17.3 Å². The van der Waals surface area contributed by atoms with Crippen molar-refractivity contribution >= 4 is 18.4 Å². The summed E-state index contributed by atoms with van der Waals surface area (Å²) in [6.07, 6.45) is 1.61. The fourth-order valence-electron chi connectivity index (χ4n) is 2.40. The number of aromatic nitrogens is 3. The Hall–Kier alpha value is -3.13. The number of nitrogens with one attached hydrogen (secondary N) is 1. The molecule has 0 unspecified atom stereocenters. The van der Waals surface area contributed by atoms with E-state index in [9.17, 15) is 5.11 Å². The normalized spacial score (nSPS) is 11.0. The third kappa shape index (κ3) is 3.60. The molecule has 0 bridgehead atoms. The van der Waals surface area contributed by atoms with E-state index in [4.69, 9.17) is 21.7 Å². The van der Waals surface area contributed by atoms with Gasteiger partial charge in [-0.05, 0) is 55.0 Å². The Morgan fingerprint density at radius 2 is 2.08 bits per heavy atom. The molecule has 3 rings (SSSR count). The highest BCUT2D eigenvalue weighted by atomic mass is 32.1. The minimum atomic E-state index is 0.0657. The maximum absolute atomic E-state index is 9.68. The lowest BCUT2D eigenvalue weighted by Crippen LogP contribution is -1.99. The minimum Gasteiger partial charge on any atom is -0.504 e. The van der Waals surface area contributed by atoms with E-state index in [1.807, 2.05) is 31.2 Å². The van der Waals surface area contributed by atoms with E-state index < -0.39 is 0 Å². The zero-order valence-electron chi connectivity index (χ0n) is 14.3. The molecule has 7 nitrogen and oxygen atoms in total. The van der Waals surface area contributed by atoms with Crippen molar-refractivity contribution in [2.75, 3.05) is 13.7 Å². The van der Waals surface area contributed by atoms with E-state index in [0.717, 1.165) is 11.1 Å². The van der Waals surface area contributed by atoms with Gasteiger partial charge in [0.05, 0.1) is 25.5 Å². The number of nitrogens with zero attached hydrogens (tertiary/aromatic N) is 3. The topological polar surface area (TPSA) is 84.7 Å². The standard InChI is InChI=1S/C18H18N4O3S/c1-3-25-15-7-5-4-6-13(15)17-20-21-18(26)22(17)19-11-12-8-9-14(23)16(10-12)24-2/h4-11,23H,3H2,1-2H3,(H,21,26)/b19-11-. The maximum atomic E-state index is 9.68. The average molecular weight is 370 g/mol. The van der Waals surface area contributed by atoms with Crippen molar-refractivity contribution in [3.05, 3.63) is 52.8 Å². The Morgan fingerprint density at radius 1 is 1.27 bits per heavy atom. The largest absolute Gasteiger partial charge is 0.504 e. The van der Waals surface area contributed by atoms with Crippen LogP contribution in [0.2, 0.25) is 0 Å². The van der Waals surface area contributed by atoms with Crippen LogP contribution in [0, 0.1) is 4.77 Å². The summed E-state index contributed by atoms with van der Waals surface area (Å²) in [6.45, 7) is 2.46. The molecule has 0 fully saturated rings. The minimum absolute atomic E-state index is 0.0657. The zero-order chi connectivity index (χ0) is 18.5. The van der Waals surface area contributed by atoms with Crippen molar-refractivity contribution in [3.8, 4) is 28.6 Å². The van der Waals surface area contributed by atoms with E-state index >= 15 is 0 Å². The van der Waals surface area contributed by atoms with Gasteiger partial charge in [0.2, 0.25) is 4.77 Å². The molecular formula is C18H18N4O3S. The van der Waals surface area contributed by atoms with E-state index in [1.54, 1.807) is 24.4 Å². The SMILES string of the molecule is CCOc1ccccc1-c1n[nH]c(=S)n1/N=C\c1ccc(O)c(OC)c1. The summed E-state index contributed by atoms with van der Waals surface area (Å²) < 4.78 is 12.6. The Labute approximate surface area is 155 Å². The van der Waals surface area contributed by atoms with Gasteiger partial charge in [-0.1, -0.05) is 12.1 Å². The molecule has 0 aliphatic heterocycles. The van der Waals surface area contributed by atoms with Crippen molar-refractivity contribution in [2.45, 2.75) is 6.92 Å². The number of aromatic amines is 1. The lowest BCUT2D eigenvalue weighted by atomic mass is 10.2. The highest BCUT2D eigenvalue weighted by Gasteiger charge is 2.13. The Kier molecular flexibility index (Phi) is 5.33. The number of phenolic OH excluding ortho intramolecular Hbond substituents is 1. The number of hydrogen-bond acceptors (Lipinski definition) is 6. The van der Waals surface area contributed by atoms with Crippen molar-refractivity contribution in [1.82, 2.24) is 14.9 Å². The first kappa shape index (κ1) is 17.7. The fourth-order valence-corrected chi connectivity index (χ4v) is 2.58. The van der Waals surface area contributed by atoms with Gasteiger partial charge in [-0.25, -0.2) is 5.10 Å². The lowest BCUT2D eigenvalue weighted by molar-refractivity contribution is 0.341. The molecule has 0 amide bonds. The average Bonchev–Trinajstić information content (AvgIpc) is 3.02. The highest BCUT2D eigenvalue weighted by Crippen LogP contribution is 2.29. The lowest BCUT2D eigenvalue weighted by Gasteiger charge is -2.09. The summed E-state index contributed by atoms with van der Waals surface area (Å²) in [5, 5.41) is 21.1. The molecule has 1 aromatic heterocycles. The van der Waals surface area contributed by atoms with Crippen LogP contribution in [-0.4, -0.2) is 39.9 Å². The Morgan fingerprint density at radius 3 is 2.85 bits per heavy atom. The molecule has 1 heterocycles. The van der Waals surface area contributed by atoms with Crippen molar-refractivity contribution in [1.29, 1.82) is 0 Å². The van der Waals surface area contributed by atoms with Gasteiger partial charge < -0.3 is 14.6 Å². The van der Waals surface area contributed by atoms with Gasteiger partial charge >= 0.3 is 0 Å². The van der Waals surface area contributed by atoms with Crippen molar-refractivity contribution < 1.29 is 14.6 Å². The van der Waals surface area contributed by atoms with Gasteiger partial charge in [-0.2, -0.15) is 14.9 Å². The third-order valence-electron chi connectivity index (χ3n) is 3.60. The number of rotatable bonds is 6. The molecule has 2 N–H and O–H groups in total. The van der Waals surface area contributed by atoms with Gasteiger partial charge in [0, 0.05) is 0 Å². The van der Waals surface area contributed by atoms with Crippen LogP contribution in [0.5, 0.6) is 17.2 Å². The van der Waals surface area contributed by atoms with E-state index in [0.29, 0.717) is 28.7 Å². The first-order valence-electron chi connectivity index (χ1n) is 7.95. The number of hydrogen-bond donors (Lipinski definition) is 2. The monoisotopic (exact) mass is 370 g/mol. The molecule has 0 aliphatic rings. The summed E-state index contributed by atoms with van der Waals surface area (Å²) in [7, 11) is 1.49. The molecule has 0 spiro atoms.